The van der Waals surface area contributed by atoms with E-state index in [1.807, 2.05) is 0 Å². The number of rotatable bonds is 26. The summed E-state index contributed by atoms with van der Waals surface area (Å²) in [5.74, 6) is -0.434. The van der Waals surface area contributed by atoms with Gasteiger partial charge in [-0.1, -0.05) is 129 Å². The Morgan fingerprint density at radius 3 is 1.12 bits per heavy atom. The highest BCUT2D eigenvalue weighted by molar-refractivity contribution is 5.72. The van der Waals surface area contributed by atoms with Crippen LogP contribution in [0.4, 0.5) is 0 Å². The van der Waals surface area contributed by atoms with E-state index in [0.717, 1.165) is 12.8 Å². The Labute approximate surface area is 206 Å². The molecule has 0 saturated heterocycles. The molecule has 0 radical (unpaired) electrons. The quantitative estimate of drug-likeness (QED) is 0.0938. The van der Waals surface area contributed by atoms with Gasteiger partial charge < -0.3 is 9.47 Å². The van der Waals surface area contributed by atoms with Gasteiger partial charge in [0.05, 0.1) is 13.2 Å². The number of hydrogen-bond donors (Lipinski definition) is 0. The molecule has 0 aliphatic carbocycles. The molecule has 0 atom stereocenters. The Kier molecular flexibility index (Phi) is 26.3. The molecule has 0 saturated carbocycles. The zero-order valence-electron chi connectivity index (χ0n) is 22.3. The summed E-state index contributed by atoms with van der Waals surface area (Å²) in [4.78, 5) is 22.8. The second-order valence-electron chi connectivity index (χ2n) is 9.60. The van der Waals surface area contributed by atoms with Gasteiger partial charge in [-0.05, 0) is 19.8 Å². The molecule has 0 aromatic heterocycles. The molecule has 0 spiro atoms. The molecule has 0 N–H and O–H groups in total. The first-order valence-electron chi connectivity index (χ1n) is 14.5. The fourth-order valence-electron chi connectivity index (χ4n) is 4.23. The fraction of sp³-hybridized carbons (Fsp3) is 0.931. The van der Waals surface area contributed by atoms with Crippen LogP contribution < -0.4 is 0 Å². The van der Waals surface area contributed by atoms with Gasteiger partial charge in [0.1, 0.15) is 0 Å². The zero-order chi connectivity index (χ0) is 24.2. The van der Waals surface area contributed by atoms with Crippen LogP contribution in [0.15, 0.2) is 0 Å². The average molecular weight is 469 g/mol. The Morgan fingerprint density at radius 1 is 0.424 bits per heavy atom. The predicted molar refractivity (Wildman–Crippen MR) is 139 cm³/mol. The van der Waals surface area contributed by atoms with Gasteiger partial charge in [-0.25, -0.2) is 0 Å². The Bertz CT molecular complexity index is 422. The molecular formula is C29H56O4. The topological polar surface area (TPSA) is 52.6 Å². The molecule has 0 aliphatic heterocycles. The number of hydrogen-bond acceptors (Lipinski definition) is 4. The summed E-state index contributed by atoms with van der Waals surface area (Å²) in [7, 11) is 0. The van der Waals surface area contributed by atoms with Crippen molar-refractivity contribution in [3.63, 3.8) is 0 Å². The van der Waals surface area contributed by atoms with Gasteiger partial charge in [0.15, 0.2) is 0 Å². The van der Waals surface area contributed by atoms with Crippen molar-refractivity contribution >= 4 is 11.9 Å². The Balaban J connectivity index is 3.14. The van der Waals surface area contributed by atoms with Crippen LogP contribution in [0.2, 0.25) is 0 Å². The van der Waals surface area contributed by atoms with Crippen molar-refractivity contribution in [3.8, 4) is 0 Å². The van der Waals surface area contributed by atoms with Crippen LogP contribution in [0.1, 0.15) is 162 Å². The van der Waals surface area contributed by atoms with Gasteiger partial charge in [0, 0.05) is 12.8 Å². The summed E-state index contributed by atoms with van der Waals surface area (Å²) in [6, 6.07) is 0. The number of carbonyl (C=O) groups is 2. The van der Waals surface area contributed by atoms with E-state index in [0.29, 0.717) is 32.5 Å². The largest absolute Gasteiger partial charge is 0.466 e. The van der Waals surface area contributed by atoms with E-state index in [4.69, 9.17) is 9.47 Å². The third-order valence-electron chi connectivity index (χ3n) is 6.33. The lowest BCUT2D eigenvalue weighted by atomic mass is 10.0. The first-order valence-corrected chi connectivity index (χ1v) is 14.5. The van der Waals surface area contributed by atoms with Crippen LogP contribution >= 0.6 is 0 Å². The maximum Gasteiger partial charge on any atom is 0.305 e. The lowest BCUT2D eigenvalue weighted by Gasteiger charge is -2.05. The van der Waals surface area contributed by atoms with Crippen LogP contribution in [-0.2, 0) is 19.1 Å². The summed E-state index contributed by atoms with van der Waals surface area (Å²) in [6.45, 7) is 4.97. The maximum atomic E-state index is 11.6. The van der Waals surface area contributed by atoms with E-state index in [1.54, 1.807) is 6.92 Å². The molecular weight excluding hydrogens is 412 g/mol. The molecule has 0 rings (SSSR count). The van der Waals surface area contributed by atoms with Gasteiger partial charge in [0.2, 0.25) is 0 Å². The van der Waals surface area contributed by atoms with Gasteiger partial charge in [-0.2, -0.15) is 0 Å². The lowest BCUT2D eigenvalue weighted by molar-refractivity contribution is -0.145. The Hall–Kier alpha value is -1.06. The number of ether oxygens (including phenoxy) is 2. The van der Waals surface area contributed by atoms with Crippen molar-refractivity contribution in [1.29, 1.82) is 0 Å². The molecule has 0 bridgehead atoms. The van der Waals surface area contributed by atoms with Crippen LogP contribution in [0.3, 0.4) is 0 Å². The van der Waals surface area contributed by atoms with Gasteiger partial charge in [0.25, 0.3) is 0 Å². The third-order valence-corrected chi connectivity index (χ3v) is 6.33. The smallest absolute Gasteiger partial charge is 0.305 e. The van der Waals surface area contributed by atoms with E-state index in [1.165, 1.54) is 116 Å². The molecule has 196 valence electrons. The lowest BCUT2D eigenvalue weighted by Crippen LogP contribution is -2.08. The number of unbranched alkanes of at least 4 members (excludes halogenated alkanes) is 19. The van der Waals surface area contributed by atoms with Gasteiger partial charge >= 0.3 is 11.9 Å². The highest BCUT2D eigenvalue weighted by atomic mass is 16.5. The Morgan fingerprint density at radius 2 is 0.758 bits per heavy atom. The number of esters is 2. The maximum absolute atomic E-state index is 11.6. The molecule has 0 fully saturated rings. The summed E-state index contributed by atoms with van der Waals surface area (Å²) < 4.78 is 10.1. The summed E-state index contributed by atoms with van der Waals surface area (Å²) in [6.07, 6.45) is 28.4. The van der Waals surface area contributed by atoms with Crippen molar-refractivity contribution in [2.75, 3.05) is 13.2 Å². The van der Waals surface area contributed by atoms with E-state index in [2.05, 4.69) is 6.92 Å². The van der Waals surface area contributed by atoms with Crippen molar-refractivity contribution in [1.82, 2.24) is 0 Å². The highest BCUT2D eigenvalue weighted by Gasteiger charge is 2.06. The second kappa shape index (κ2) is 27.2. The van der Waals surface area contributed by atoms with Gasteiger partial charge in [-0.15, -0.1) is 0 Å². The van der Waals surface area contributed by atoms with E-state index in [9.17, 15) is 9.59 Å². The zero-order valence-corrected chi connectivity index (χ0v) is 22.3. The fourth-order valence-corrected chi connectivity index (χ4v) is 4.23. The minimum absolute atomic E-state index is 0.197. The third kappa shape index (κ3) is 27.1. The standard InChI is InChI=1S/C29H56O4/c1-3-5-6-7-8-9-10-11-12-13-14-15-16-17-18-19-20-21-22-23-27-33-29(31)26-24-25-28(30)32-4-2/h3-27H2,1-2H3. The van der Waals surface area contributed by atoms with E-state index < -0.39 is 0 Å². The van der Waals surface area contributed by atoms with Crippen molar-refractivity contribution < 1.29 is 19.1 Å². The molecule has 4 nitrogen and oxygen atoms in total. The van der Waals surface area contributed by atoms with E-state index >= 15 is 0 Å². The molecule has 0 heterocycles. The van der Waals surface area contributed by atoms with Crippen molar-refractivity contribution in [2.24, 2.45) is 0 Å². The van der Waals surface area contributed by atoms with Gasteiger partial charge in [-0.3, -0.25) is 9.59 Å². The molecule has 0 unspecified atom stereocenters. The summed E-state index contributed by atoms with van der Waals surface area (Å²) in [5, 5.41) is 0. The summed E-state index contributed by atoms with van der Waals surface area (Å²) in [5.41, 5.74) is 0. The first kappa shape index (κ1) is 31.9. The average Bonchev–Trinajstić information content (AvgIpc) is 2.80. The monoisotopic (exact) mass is 468 g/mol. The molecule has 33 heavy (non-hydrogen) atoms. The van der Waals surface area contributed by atoms with Crippen LogP contribution in [-0.4, -0.2) is 25.2 Å². The predicted octanol–water partition coefficient (Wildman–Crippen LogP) is 9.08. The molecule has 0 aromatic carbocycles. The first-order chi connectivity index (χ1) is 16.2. The van der Waals surface area contributed by atoms with Crippen molar-refractivity contribution in [3.05, 3.63) is 0 Å². The van der Waals surface area contributed by atoms with Crippen LogP contribution in [0.5, 0.6) is 0 Å². The normalized spacial score (nSPS) is 11.0. The molecule has 0 aromatic rings. The SMILES string of the molecule is CCCCCCCCCCCCCCCCCCCCCCOC(=O)CCCC(=O)OCC. The van der Waals surface area contributed by atoms with Crippen molar-refractivity contribution in [2.45, 2.75) is 162 Å². The van der Waals surface area contributed by atoms with Crippen LogP contribution in [0.25, 0.3) is 0 Å². The second-order valence-corrected chi connectivity index (χ2v) is 9.60. The number of carbonyl (C=O) groups excluding carboxylic acids is 2. The van der Waals surface area contributed by atoms with Crippen LogP contribution in [0, 0.1) is 0 Å². The van der Waals surface area contributed by atoms with E-state index in [-0.39, 0.29) is 11.9 Å². The minimum Gasteiger partial charge on any atom is -0.466 e. The summed E-state index contributed by atoms with van der Waals surface area (Å²) >= 11 is 0. The minimum atomic E-state index is -0.237. The molecule has 0 aliphatic rings. The highest BCUT2D eigenvalue weighted by Crippen LogP contribution is 2.15. The molecule has 0 amide bonds. The molecule has 4 heteroatoms.